The summed E-state index contributed by atoms with van der Waals surface area (Å²) in [6, 6.07) is 5.07. The third kappa shape index (κ3) is 3.31. The standard InChI is InChI=1S/C14H18BrNO4/c1-20-10-2-3-12(15)11(6-10)14(19)16-9-4-8(7-17)13(18)5-9/h2-3,6,8-9,13,17-18H,4-5,7H2,1H3,(H,16,19)/t8-,9-,13-/m1/s1. The second-order valence-electron chi connectivity index (χ2n) is 5.00. The van der Waals surface area contributed by atoms with Crippen molar-refractivity contribution in [3.05, 3.63) is 28.2 Å². The number of hydrogen-bond acceptors (Lipinski definition) is 4. The lowest BCUT2D eigenvalue weighted by molar-refractivity contribution is 0.0903. The molecule has 1 saturated carbocycles. The van der Waals surface area contributed by atoms with Crippen molar-refractivity contribution in [3.8, 4) is 5.75 Å². The van der Waals surface area contributed by atoms with Gasteiger partial charge in [0.25, 0.3) is 5.91 Å². The van der Waals surface area contributed by atoms with Gasteiger partial charge in [-0.05, 0) is 47.0 Å². The zero-order chi connectivity index (χ0) is 14.7. The molecule has 0 spiro atoms. The minimum absolute atomic E-state index is 0.0591. The van der Waals surface area contributed by atoms with Crippen molar-refractivity contribution in [2.24, 2.45) is 5.92 Å². The van der Waals surface area contributed by atoms with E-state index in [-0.39, 0.29) is 24.5 Å². The summed E-state index contributed by atoms with van der Waals surface area (Å²) in [5.74, 6) is 0.235. The van der Waals surface area contributed by atoms with Gasteiger partial charge in [0.05, 0.1) is 18.8 Å². The highest BCUT2D eigenvalue weighted by Crippen LogP contribution is 2.27. The Labute approximate surface area is 126 Å². The number of rotatable bonds is 4. The summed E-state index contributed by atoms with van der Waals surface area (Å²) in [5, 5.41) is 21.7. The predicted molar refractivity (Wildman–Crippen MR) is 77.8 cm³/mol. The Balaban J connectivity index is 2.06. The van der Waals surface area contributed by atoms with Crippen molar-refractivity contribution in [1.82, 2.24) is 5.32 Å². The van der Waals surface area contributed by atoms with Crippen molar-refractivity contribution in [1.29, 1.82) is 0 Å². The maximum atomic E-state index is 12.3. The van der Waals surface area contributed by atoms with Crippen LogP contribution in [0.15, 0.2) is 22.7 Å². The van der Waals surface area contributed by atoms with E-state index in [1.807, 2.05) is 0 Å². The minimum atomic E-state index is -0.556. The first kappa shape index (κ1) is 15.3. The van der Waals surface area contributed by atoms with Gasteiger partial charge >= 0.3 is 0 Å². The molecule has 0 heterocycles. The molecule has 0 saturated heterocycles. The van der Waals surface area contributed by atoms with Gasteiger partial charge in [-0.1, -0.05) is 0 Å². The summed E-state index contributed by atoms with van der Waals surface area (Å²) in [5.41, 5.74) is 0.492. The van der Waals surface area contributed by atoms with Crippen molar-refractivity contribution in [2.45, 2.75) is 25.0 Å². The molecule has 0 unspecified atom stereocenters. The van der Waals surface area contributed by atoms with Gasteiger partial charge in [-0.15, -0.1) is 0 Å². The van der Waals surface area contributed by atoms with Crippen LogP contribution < -0.4 is 10.1 Å². The summed E-state index contributed by atoms with van der Waals surface area (Å²) in [6.45, 7) is -0.0591. The fourth-order valence-corrected chi connectivity index (χ4v) is 2.91. The number of benzene rings is 1. The molecule has 1 aromatic carbocycles. The van der Waals surface area contributed by atoms with Gasteiger partial charge in [-0.3, -0.25) is 4.79 Å². The summed E-state index contributed by atoms with van der Waals surface area (Å²) < 4.78 is 5.80. The fourth-order valence-electron chi connectivity index (χ4n) is 2.49. The summed E-state index contributed by atoms with van der Waals surface area (Å²) in [7, 11) is 1.55. The molecule has 1 aliphatic carbocycles. The van der Waals surface area contributed by atoms with Crippen LogP contribution >= 0.6 is 15.9 Å². The molecule has 1 fully saturated rings. The first-order valence-electron chi connectivity index (χ1n) is 6.48. The molecule has 5 nitrogen and oxygen atoms in total. The van der Waals surface area contributed by atoms with Crippen LogP contribution in [0.3, 0.4) is 0 Å². The van der Waals surface area contributed by atoms with Crippen molar-refractivity contribution < 1.29 is 19.7 Å². The normalized spacial score (nSPS) is 25.5. The lowest BCUT2D eigenvalue weighted by Gasteiger charge is -2.14. The van der Waals surface area contributed by atoms with E-state index in [4.69, 9.17) is 9.84 Å². The fraction of sp³-hybridized carbons (Fsp3) is 0.500. The molecule has 0 aliphatic heterocycles. The monoisotopic (exact) mass is 343 g/mol. The van der Waals surface area contributed by atoms with E-state index in [0.717, 1.165) is 0 Å². The third-order valence-electron chi connectivity index (χ3n) is 3.65. The maximum Gasteiger partial charge on any atom is 0.252 e. The lowest BCUT2D eigenvalue weighted by Crippen LogP contribution is -2.33. The number of carbonyl (C=O) groups is 1. The van der Waals surface area contributed by atoms with Gasteiger partial charge in [0, 0.05) is 23.0 Å². The van der Waals surface area contributed by atoms with Crippen LogP contribution in [0.2, 0.25) is 0 Å². The molecule has 0 bridgehead atoms. The second kappa shape index (κ2) is 6.56. The van der Waals surface area contributed by atoms with Crippen LogP contribution in [0.1, 0.15) is 23.2 Å². The first-order chi connectivity index (χ1) is 9.55. The number of carbonyl (C=O) groups excluding carboxylic acids is 1. The van der Waals surface area contributed by atoms with E-state index < -0.39 is 6.10 Å². The molecule has 3 atom stereocenters. The number of nitrogens with one attached hydrogen (secondary N) is 1. The Morgan fingerprint density at radius 3 is 2.85 bits per heavy atom. The topological polar surface area (TPSA) is 78.8 Å². The first-order valence-corrected chi connectivity index (χ1v) is 7.27. The molecule has 20 heavy (non-hydrogen) atoms. The summed E-state index contributed by atoms with van der Waals surface area (Å²) in [4.78, 5) is 12.3. The number of aliphatic hydroxyl groups is 2. The summed E-state index contributed by atoms with van der Waals surface area (Å²) in [6.07, 6.45) is 0.503. The lowest BCUT2D eigenvalue weighted by atomic mass is 10.1. The van der Waals surface area contributed by atoms with Crippen molar-refractivity contribution in [3.63, 3.8) is 0 Å². The van der Waals surface area contributed by atoms with Crippen LogP contribution in [-0.2, 0) is 0 Å². The molecule has 1 amide bonds. The van der Waals surface area contributed by atoms with Crippen LogP contribution in [-0.4, -0.2) is 42.0 Å². The Kier molecular flexibility index (Phi) is 5.01. The zero-order valence-electron chi connectivity index (χ0n) is 11.2. The van der Waals surface area contributed by atoms with Gasteiger partial charge in [-0.2, -0.15) is 0 Å². The van der Waals surface area contributed by atoms with Crippen LogP contribution in [0, 0.1) is 5.92 Å². The number of ether oxygens (including phenoxy) is 1. The van der Waals surface area contributed by atoms with Crippen molar-refractivity contribution in [2.75, 3.05) is 13.7 Å². The predicted octanol–water partition coefficient (Wildman–Crippen LogP) is 1.32. The average Bonchev–Trinajstić information content (AvgIpc) is 2.79. The van der Waals surface area contributed by atoms with E-state index in [1.54, 1.807) is 25.3 Å². The number of hydrogen-bond donors (Lipinski definition) is 3. The molecular weight excluding hydrogens is 326 g/mol. The number of methoxy groups -OCH3 is 1. The van der Waals surface area contributed by atoms with Gasteiger partial charge < -0.3 is 20.3 Å². The quantitative estimate of drug-likeness (QED) is 0.770. The second-order valence-corrected chi connectivity index (χ2v) is 5.85. The van der Waals surface area contributed by atoms with Crippen LogP contribution in [0.25, 0.3) is 0 Å². The molecule has 1 aromatic rings. The van der Waals surface area contributed by atoms with Gasteiger partial charge in [0.15, 0.2) is 0 Å². The molecule has 0 aromatic heterocycles. The molecule has 110 valence electrons. The third-order valence-corrected chi connectivity index (χ3v) is 4.34. The highest BCUT2D eigenvalue weighted by Gasteiger charge is 2.33. The number of aliphatic hydroxyl groups excluding tert-OH is 2. The van der Waals surface area contributed by atoms with Crippen LogP contribution in [0.4, 0.5) is 0 Å². The molecular formula is C14H18BrNO4. The Morgan fingerprint density at radius 1 is 1.50 bits per heavy atom. The smallest absolute Gasteiger partial charge is 0.252 e. The van der Waals surface area contributed by atoms with E-state index >= 15 is 0 Å². The van der Waals surface area contributed by atoms with E-state index in [1.165, 1.54) is 0 Å². The molecule has 6 heteroatoms. The average molecular weight is 344 g/mol. The number of amides is 1. The Hall–Kier alpha value is -1.11. The molecule has 0 radical (unpaired) electrons. The van der Waals surface area contributed by atoms with Gasteiger partial charge in [0.1, 0.15) is 5.75 Å². The molecule has 2 rings (SSSR count). The largest absolute Gasteiger partial charge is 0.497 e. The Morgan fingerprint density at radius 2 is 2.25 bits per heavy atom. The highest BCUT2D eigenvalue weighted by molar-refractivity contribution is 9.10. The zero-order valence-corrected chi connectivity index (χ0v) is 12.8. The van der Waals surface area contributed by atoms with Gasteiger partial charge in [0.2, 0.25) is 0 Å². The summed E-state index contributed by atoms with van der Waals surface area (Å²) >= 11 is 3.34. The maximum absolute atomic E-state index is 12.3. The number of halogens is 1. The van der Waals surface area contributed by atoms with E-state index in [0.29, 0.717) is 28.6 Å². The Bertz CT molecular complexity index is 494. The van der Waals surface area contributed by atoms with Gasteiger partial charge in [-0.25, -0.2) is 0 Å². The van der Waals surface area contributed by atoms with Crippen molar-refractivity contribution >= 4 is 21.8 Å². The SMILES string of the molecule is COc1ccc(Br)c(C(=O)N[C@@H]2C[C@H](CO)[C@H](O)C2)c1. The van der Waals surface area contributed by atoms with E-state index in [2.05, 4.69) is 21.2 Å². The molecule has 1 aliphatic rings. The van der Waals surface area contributed by atoms with E-state index in [9.17, 15) is 9.90 Å². The highest BCUT2D eigenvalue weighted by atomic mass is 79.9. The molecule has 3 N–H and O–H groups in total. The van der Waals surface area contributed by atoms with Crippen LogP contribution in [0.5, 0.6) is 5.75 Å². The minimum Gasteiger partial charge on any atom is -0.497 e.